The molecule has 0 N–H and O–H groups in total. The summed E-state index contributed by atoms with van der Waals surface area (Å²) >= 11 is 1.77. The van der Waals surface area contributed by atoms with E-state index < -0.39 is 0 Å². The summed E-state index contributed by atoms with van der Waals surface area (Å²) in [6, 6.07) is 2.23. The first-order chi connectivity index (χ1) is 11.7. The summed E-state index contributed by atoms with van der Waals surface area (Å²) in [6.07, 6.45) is 6.59. The van der Waals surface area contributed by atoms with Crippen LogP contribution in [0, 0.1) is 12.8 Å². The van der Waals surface area contributed by atoms with Crippen LogP contribution < -0.4 is 4.74 Å². The number of nitrogens with zero attached hydrogens (tertiary/aromatic N) is 3. The molecule has 1 aliphatic carbocycles. The van der Waals surface area contributed by atoms with Gasteiger partial charge in [0.25, 0.3) is 5.91 Å². The highest BCUT2D eigenvalue weighted by atomic mass is 32.1. The van der Waals surface area contributed by atoms with E-state index >= 15 is 0 Å². The zero-order valence-corrected chi connectivity index (χ0v) is 14.6. The van der Waals surface area contributed by atoms with E-state index in [2.05, 4.69) is 28.3 Å². The normalized spacial score (nSPS) is 20.4. The molecule has 0 radical (unpaired) electrons. The molecule has 2 aromatic heterocycles. The number of hydrogen-bond donors (Lipinski definition) is 0. The van der Waals surface area contributed by atoms with Gasteiger partial charge in [-0.15, -0.1) is 11.3 Å². The second-order valence-electron chi connectivity index (χ2n) is 6.72. The van der Waals surface area contributed by atoms with Crippen LogP contribution in [0.5, 0.6) is 5.88 Å². The van der Waals surface area contributed by atoms with Crippen molar-refractivity contribution >= 4 is 17.2 Å². The number of aryl methyl sites for hydroxylation is 1. The minimum atomic E-state index is -0.0364. The predicted octanol–water partition coefficient (Wildman–Crippen LogP) is 3.27. The summed E-state index contributed by atoms with van der Waals surface area (Å²) in [5.41, 5.74) is 1.75. The molecule has 2 fully saturated rings. The molecule has 4 rings (SSSR count). The van der Waals surface area contributed by atoms with Crippen LogP contribution in [-0.4, -0.2) is 40.5 Å². The molecule has 2 aliphatic rings. The first-order valence-electron chi connectivity index (χ1n) is 8.48. The molecule has 6 heteroatoms. The van der Waals surface area contributed by atoms with Crippen molar-refractivity contribution in [3.63, 3.8) is 0 Å². The minimum absolute atomic E-state index is 0.0364. The molecule has 5 nitrogen and oxygen atoms in total. The smallest absolute Gasteiger partial charge is 0.274 e. The Balaban J connectivity index is 1.36. The topological polar surface area (TPSA) is 55.3 Å². The third-order valence-electron chi connectivity index (χ3n) is 4.71. The lowest BCUT2D eigenvalue weighted by Gasteiger charge is -2.15. The van der Waals surface area contributed by atoms with Crippen molar-refractivity contribution in [3.8, 4) is 5.88 Å². The fourth-order valence-electron chi connectivity index (χ4n) is 3.05. The highest BCUT2D eigenvalue weighted by Gasteiger charge is 2.29. The number of carbonyl (C=O) groups excluding carboxylic acids is 1. The second kappa shape index (κ2) is 6.51. The van der Waals surface area contributed by atoms with Gasteiger partial charge in [-0.25, -0.2) is 9.97 Å². The molecule has 126 valence electrons. The first kappa shape index (κ1) is 15.6. The van der Waals surface area contributed by atoms with Gasteiger partial charge in [0.15, 0.2) is 0 Å². The third-order valence-corrected chi connectivity index (χ3v) is 5.59. The zero-order chi connectivity index (χ0) is 16.5. The van der Waals surface area contributed by atoms with E-state index in [1.807, 2.05) is 4.90 Å². The van der Waals surface area contributed by atoms with Crippen LogP contribution in [0.1, 0.15) is 46.1 Å². The van der Waals surface area contributed by atoms with Gasteiger partial charge in [0.2, 0.25) is 5.88 Å². The van der Waals surface area contributed by atoms with E-state index in [1.54, 1.807) is 17.5 Å². The van der Waals surface area contributed by atoms with Gasteiger partial charge >= 0.3 is 0 Å². The lowest BCUT2D eigenvalue weighted by molar-refractivity contribution is 0.0784. The third kappa shape index (κ3) is 3.43. The first-order valence-corrected chi connectivity index (χ1v) is 9.36. The number of likely N-dealkylation sites (tertiary alicyclic amines) is 1. The Morgan fingerprint density at radius 3 is 2.88 bits per heavy atom. The van der Waals surface area contributed by atoms with E-state index in [0.29, 0.717) is 30.0 Å². The fraction of sp³-hybridized carbons (Fsp3) is 0.500. The number of thiophene rings is 1. The molecular weight excluding hydrogens is 322 g/mol. The van der Waals surface area contributed by atoms with Gasteiger partial charge in [0, 0.05) is 23.9 Å². The number of aromatic nitrogens is 2. The average molecular weight is 343 g/mol. The Hall–Kier alpha value is -1.95. The second-order valence-corrected chi connectivity index (χ2v) is 7.84. The van der Waals surface area contributed by atoms with Crippen LogP contribution in [0.2, 0.25) is 0 Å². The number of amides is 1. The summed E-state index contributed by atoms with van der Waals surface area (Å²) in [6.45, 7) is 4.36. The molecule has 1 saturated heterocycles. The van der Waals surface area contributed by atoms with Gasteiger partial charge in [-0.2, -0.15) is 0 Å². The molecule has 2 aromatic rings. The molecule has 0 bridgehead atoms. The number of hydrogen-bond acceptors (Lipinski definition) is 5. The molecular formula is C18H21N3O2S. The van der Waals surface area contributed by atoms with Crippen molar-refractivity contribution in [1.82, 2.24) is 14.9 Å². The van der Waals surface area contributed by atoms with Crippen molar-refractivity contribution in [2.75, 3.05) is 19.7 Å². The van der Waals surface area contributed by atoms with Crippen LogP contribution in [0.15, 0.2) is 23.8 Å². The Kier molecular flexibility index (Phi) is 4.22. The lowest BCUT2D eigenvalue weighted by atomic mass is 10.0. The van der Waals surface area contributed by atoms with Gasteiger partial charge < -0.3 is 9.64 Å². The highest BCUT2D eigenvalue weighted by Crippen LogP contribution is 2.31. The maximum atomic E-state index is 12.6. The Morgan fingerprint density at radius 1 is 1.33 bits per heavy atom. The van der Waals surface area contributed by atoms with Crippen molar-refractivity contribution in [1.29, 1.82) is 0 Å². The van der Waals surface area contributed by atoms with Crippen molar-refractivity contribution in [3.05, 3.63) is 40.0 Å². The van der Waals surface area contributed by atoms with Gasteiger partial charge in [-0.1, -0.05) is 0 Å². The molecule has 24 heavy (non-hydrogen) atoms. The molecule has 1 amide bonds. The Morgan fingerprint density at radius 2 is 2.21 bits per heavy atom. The summed E-state index contributed by atoms with van der Waals surface area (Å²) in [7, 11) is 0. The van der Waals surface area contributed by atoms with E-state index in [0.717, 1.165) is 19.5 Å². The van der Waals surface area contributed by atoms with Crippen LogP contribution in [-0.2, 0) is 0 Å². The maximum absolute atomic E-state index is 12.6. The molecule has 1 atom stereocenters. The summed E-state index contributed by atoms with van der Waals surface area (Å²) in [4.78, 5) is 24.3. The monoisotopic (exact) mass is 343 g/mol. The predicted molar refractivity (Wildman–Crippen MR) is 92.6 cm³/mol. The molecule has 0 spiro atoms. The Bertz CT molecular complexity index is 724. The average Bonchev–Trinajstić information content (AvgIpc) is 3.12. The maximum Gasteiger partial charge on any atom is 0.274 e. The quantitative estimate of drug-likeness (QED) is 0.836. The minimum Gasteiger partial charge on any atom is -0.476 e. The number of ether oxygens (including phenoxy) is 1. The molecule has 3 heterocycles. The molecule has 1 saturated carbocycles. The van der Waals surface area contributed by atoms with Gasteiger partial charge in [-0.05, 0) is 49.1 Å². The Labute approximate surface area is 145 Å². The van der Waals surface area contributed by atoms with E-state index in [4.69, 9.17) is 4.74 Å². The van der Waals surface area contributed by atoms with Crippen LogP contribution in [0.4, 0.5) is 0 Å². The molecule has 1 aliphatic heterocycles. The highest BCUT2D eigenvalue weighted by molar-refractivity contribution is 7.10. The van der Waals surface area contributed by atoms with E-state index in [9.17, 15) is 4.79 Å². The van der Waals surface area contributed by atoms with E-state index in [1.165, 1.54) is 29.5 Å². The van der Waals surface area contributed by atoms with Crippen molar-refractivity contribution in [2.24, 2.45) is 5.92 Å². The number of rotatable bonds is 5. The van der Waals surface area contributed by atoms with Crippen LogP contribution in [0.3, 0.4) is 0 Å². The van der Waals surface area contributed by atoms with Crippen LogP contribution in [0.25, 0.3) is 0 Å². The number of carbonyl (C=O) groups is 1. The summed E-state index contributed by atoms with van der Waals surface area (Å²) in [5, 5.41) is 2.21. The SMILES string of the molecule is Cc1cc(C2CCN(C(=O)c3cnc(OCC4CC4)cn3)C2)cs1. The fourth-order valence-corrected chi connectivity index (χ4v) is 3.83. The van der Waals surface area contributed by atoms with Crippen molar-refractivity contribution < 1.29 is 9.53 Å². The largest absolute Gasteiger partial charge is 0.476 e. The molecule has 0 aromatic carbocycles. The van der Waals surface area contributed by atoms with Crippen molar-refractivity contribution in [2.45, 2.75) is 32.1 Å². The summed E-state index contributed by atoms with van der Waals surface area (Å²) < 4.78 is 5.57. The van der Waals surface area contributed by atoms with E-state index in [-0.39, 0.29) is 5.91 Å². The standard InChI is InChI=1S/C18H21N3O2S/c1-12-6-15(11-24-12)14-4-5-21(9-14)18(22)16-7-20-17(8-19-16)23-10-13-2-3-13/h6-8,11,13-14H,2-5,9-10H2,1H3. The summed E-state index contributed by atoms with van der Waals surface area (Å²) in [5.74, 6) is 1.58. The van der Waals surface area contributed by atoms with Gasteiger partial charge in [-0.3, -0.25) is 4.79 Å². The molecule has 1 unspecified atom stereocenters. The van der Waals surface area contributed by atoms with Gasteiger partial charge in [0.1, 0.15) is 5.69 Å². The lowest BCUT2D eigenvalue weighted by Crippen LogP contribution is -2.29. The van der Waals surface area contributed by atoms with Gasteiger partial charge in [0.05, 0.1) is 19.0 Å². The zero-order valence-electron chi connectivity index (χ0n) is 13.8. The van der Waals surface area contributed by atoms with Crippen LogP contribution >= 0.6 is 11.3 Å².